The highest BCUT2D eigenvalue weighted by Gasteiger charge is 2.09. The van der Waals surface area contributed by atoms with Gasteiger partial charge >= 0.3 is 0 Å². The molecule has 110 valence electrons. The molecule has 2 rings (SSSR count). The van der Waals surface area contributed by atoms with Crippen LogP contribution in [0.5, 0.6) is 0 Å². The minimum atomic E-state index is -0.223. The Morgan fingerprint density at radius 2 is 2.40 bits per heavy atom. The molecule has 0 saturated heterocycles. The number of aromatic nitrogens is 2. The molecule has 1 aliphatic rings. The fourth-order valence-corrected chi connectivity index (χ4v) is 2.43. The molecule has 0 spiro atoms. The van der Waals surface area contributed by atoms with E-state index in [0.717, 1.165) is 38.9 Å². The predicted octanol–water partition coefficient (Wildman–Crippen LogP) is 2.03. The maximum absolute atomic E-state index is 12.0. The molecule has 20 heavy (non-hydrogen) atoms. The van der Waals surface area contributed by atoms with Crippen molar-refractivity contribution in [2.75, 3.05) is 25.0 Å². The number of nitrogens with one attached hydrogen (secondary N) is 2. The molecule has 0 aromatic carbocycles. The van der Waals surface area contributed by atoms with E-state index in [1.807, 2.05) is 6.92 Å². The van der Waals surface area contributed by atoms with Crippen molar-refractivity contribution < 1.29 is 0 Å². The van der Waals surface area contributed by atoms with Gasteiger partial charge in [-0.25, -0.2) is 4.68 Å². The van der Waals surface area contributed by atoms with Crippen molar-refractivity contribution in [1.82, 2.24) is 15.1 Å². The van der Waals surface area contributed by atoms with Gasteiger partial charge in [-0.1, -0.05) is 30.2 Å². The average molecular weight is 297 g/mol. The summed E-state index contributed by atoms with van der Waals surface area (Å²) in [5.41, 5.74) is 1.85. The standard InChI is InChI=1S/C14H21ClN4O/c1-2-9-19-14(20)13(15)12(10-18-19)17-8-5-11-3-6-16-7-4-11/h3,10,16-17H,2,4-9H2,1H3. The first kappa shape index (κ1) is 15.1. The lowest BCUT2D eigenvalue weighted by Crippen LogP contribution is -2.24. The van der Waals surface area contributed by atoms with E-state index in [4.69, 9.17) is 11.6 Å². The van der Waals surface area contributed by atoms with Crippen molar-refractivity contribution in [3.63, 3.8) is 0 Å². The van der Waals surface area contributed by atoms with Gasteiger partial charge in [0.1, 0.15) is 5.02 Å². The normalized spacial score (nSPS) is 15.0. The van der Waals surface area contributed by atoms with Crippen LogP contribution in [-0.4, -0.2) is 29.4 Å². The SMILES string of the molecule is CCCn1ncc(NCCC2=CCNCC2)c(Cl)c1=O. The predicted molar refractivity (Wildman–Crippen MR) is 82.5 cm³/mol. The summed E-state index contributed by atoms with van der Waals surface area (Å²) >= 11 is 6.10. The second kappa shape index (κ2) is 7.45. The van der Waals surface area contributed by atoms with Crippen LogP contribution in [0.25, 0.3) is 0 Å². The Bertz CT molecular complexity index is 538. The first-order valence-electron chi connectivity index (χ1n) is 7.10. The zero-order valence-electron chi connectivity index (χ0n) is 11.8. The van der Waals surface area contributed by atoms with Gasteiger partial charge in [0.2, 0.25) is 0 Å². The Morgan fingerprint density at radius 1 is 1.55 bits per heavy atom. The quantitative estimate of drug-likeness (QED) is 0.789. The van der Waals surface area contributed by atoms with Gasteiger partial charge in [-0.05, 0) is 25.8 Å². The minimum absolute atomic E-state index is 0.223. The fraction of sp³-hybridized carbons (Fsp3) is 0.571. The van der Waals surface area contributed by atoms with Crippen LogP contribution >= 0.6 is 11.6 Å². The maximum atomic E-state index is 12.0. The van der Waals surface area contributed by atoms with Gasteiger partial charge in [0.15, 0.2) is 0 Å². The second-order valence-corrected chi connectivity index (χ2v) is 5.27. The minimum Gasteiger partial charge on any atom is -0.382 e. The first-order valence-corrected chi connectivity index (χ1v) is 7.48. The first-order chi connectivity index (χ1) is 9.72. The van der Waals surface area contributed by atoms with Crippen molar-refractivity contribution in [2.45, 2.75) is 32.7 Å². The van der Waals surface area contributed by atoms with Gasteiger partial charge in [-0.15, -0.1) is 0 Å². The molecule has 1 aromatic rings. The van der Waals surface area contributed by atoms with E-state index in [2.05, 4.69) is 21.8 Å². The van der Waals surface area contributed by atoms with E-state index in [1.165, 1.54) is 10.3 Å². The lowest BCUT2D eigenvalue weighted by molar-refractivity contribution is 0.568. The Balaban J connectivity index is 1.94. The van der Waals surface area contributed by atoms with Crippen molar-refractivity contribution >= 4 is 17.3 Å². The van der Waals surface area contributed by atoms with Crippen LogP contribution in [-0.2, 0) is 6.54 Å². The smallest absolute Gasteiger partial charge is 0.287 e. The molecule has 0 bridgehead atoms. The van der Waals surface area contributed by atoms with Crippen LogP contribution in [0, 0.1) is 0 Å². The van der Waals surface area contributed by atoms with E-state index in [1.54, 1.807) is 6.20 Å². The lowest BCUT2D eigenvalue weighted by atomic mass is 10.1. The van der Waals surface area contributed by atoms with Gasteiger partial charge in [-0.2, -0.15) is 5.10 Å². The highest BCUT2D eigenvalue weighted by molar-refractivity contribution is 6.32. The molecule has 0 aliphatic carbocycles. The molecule has 1 aromatic heterocycles. The number of anilines is 1. The Labute approximate surface area is 124 Å². The molecule has 5 nitrogen and oxygen atoms in total. The monoisotopic (exact) mass is 296 g/mol. The number of halogens is 1. The summed E-state index contributed by atoms with van der Waals surface area (Å²) < 4.78 is 1.41. The number of hydrogen-bond acceptors (Lipinski definition) is 4. The van der Waals surface area contributed by atoms with Crippen LogP contribution in [0.4, 0.5) is 5.69 Å². The van der Waals surface area contributed by atoms with Crippen molar-refractivity contribution in [3.8, 4) is 0 Å². The zero-order valence-corrected chi connectivity index (χ0v) is 12.5. The van der Waals surface area contributed by atoms with Crippen LogP contribution in [0.3, 0.4) is 0 Å². The molecule has 0 unspecified atom stereocenters. The van der Waals surface area contributed by atoms with Crippen LogP contribution < -0.4 is 16.2 Å². The molecule has 0 saturated carbocycles. The fourth-order valence-electron chi connectivity index (χ4n) is 2.21. The van der Waals surface area contributed by atoms with Crippen molar-refractivity contribution in [2.24, 2.45) is 0 Å². The second-order valence-electron chi connectivity index (χ2n) is 4.89. The van der Waals surface area contributed by atoms with E-state index < -0.39 is 0 Å². The summed E-state index contributed by atoms with van der Waals surface area (Å²) in [4.78, 5) is 12.0. The largest absolute Gasteiger partial charge is 0.382 e. The molecule has 0 radical (unpaired) electrons. The number of aryl methyl sites for hydroxylation is 1. The third kappa shape index (κ3) is 3.84. The van der Waals surface area contributed by atoms with Gasteiger partial charge in [-0.3, -0.25) is 4.79 Å². The van der Waals surface area contributed by atoms with Crippen LogP contribution in [0.2, 0.25) is 5.02 Å². The van der Waals surface area contributed by atoms with Gasteiger partial charge in [0, 0.05) is 19.6 Å². The molecular weight excluding hydrogens is 276 g/mol. The highest BCUT2D eigenvalue weighted by Crippen LogP contribution is 2.16. The van der Waals surface area contributed by atoms with E-state index in [0.29, 0.717) is 12.2 Å². The van der Waals surface area contributed by atoms with Crippen molar-refractivity contribution in [1.29, 1.82) is 0 Å². The molecule has 1 aliphatic heterocycles. The third-order valence-electron chi connectivity index (χ3n) is 3.34. The Kier molecular flexibility index (Phi) is 5.61. The molecule has 0 fully saturated rings. The van der Waals surface area contributed by atoms with E-state index in [-0.39, 0.29) is 10.6 Å². The molecule has 0 atom stereocenters. The summed E-state index contributed by atoms with van der Waals surface area (Å²) in [5.74, 6) is 0. The molecule has 2 heterocycles. The van der Waals surface area contributed by atoms with E-state index >= 15 is 0 Å². The zero-order chi connectivity index (χ0) is 14.4. The topological polar surface area (TPSA) is 59.0 Å². The summed E-state index contributed by atoms with van der Waals surface area (Å²) in [6.07, 6.45) is 6.78. The van der Waals surface area contributed by atoms with Crippen molar-refractivity contribution in [3.05, 3.63) is 33.2 Å². The molecular formula is C14H21ClN4O. The molecule has 2 N–H and O–H groups in total. The Morgan fingerprint density at radius 3 is 3.10 bits per heavy atom. The summed E-state index contributed by atoms with van der Waals surface area (Å²) in [6, 6.07) is 0. The Hall–Kier alpha value is -1.33. The van der Waals surface area contributed by atoms with Gasteiger partial charge in [0.25, 0.3) is 5.56 Å². The molecule has 6 heteroatoms. The summed E-state index contributed by atoms with van der Waals surface area (Å²) in [5, 5.41) is 10.8. The maximum Gasteiger partial charge on any atom is 0.287 e. The summed E-state index contributed by atoms with van der Waals surface area (Å²) in [7, 11) is 0. The number of rotatable bonds is 6. The number of hydrogen-bond donors (Lipinski definition) is 2. The average Bonchev–Trinajstić information content (AvgIpc) is 2.48. The van der Waals surface area contributed by atoms with Crippen LogP contribution in [0.1, 0.15) is 26.2 Å². The van der Waals surface area contributed by atoms with E-state index in [9.17, 15) is 4.79 Å². The number of nitrogens with zero attached hydrogens (tertiary/aromatic N) is 2. The lowest BCUT2D eigenvalue weighted by Gasteiger charge is -2.15. The van der Waals surface area contributed by atoms with Gasteiger partial charge < -0.3 is 10.6 Å². The summed E-state index contributed by atoms with van der Waals surface area (Å²) in [6.45, 7) is 5.36. The third-order valence-corrected chi connectivity index (χ3v) is 3.71. The van der Waals surface area contributed by atoms with Gasteiger partial charge in [0.05, 0.1) is 11.9 Å². The molecule has 0 amide bonds. The van der Waals surface area contributed by atoms with Crippen LogP contribution in [0.15, 0.2) is 22.6 Å². The highest BCUT2D eigenvalue weighted by atomic mass is 35.5.